The Hall–Kier alpha value is -0.920. The standard InChI is InChI=1S/C8H14N2/c1-2-3-5-10-8-4-6-9-7-8/h4,6-7,9-10H,2-3,5H2,1H3. The van der Waals surface area contributed by atoms with Crippen molar-refractivity contribution in [2.75, 3.05) is 11.9 Å². The molecule has 1 rings (SSSR count). The van der Waals surface area contributed by atoms with Gasteiger partial charge in [-0.1, -0.05) is 13.3 Å². The van der Waals surface area contributed by atoms with E-state index < -0.39 is 0 Å². The van der Waals surface area contributed by atoms with Crippen LogP contribution in [0.1, 0.15) is 19.8 Å². The topological polar surface area (TPSA) is 27.8 Å². The molecule has 0 aliphatic carbocycles. The minimum absolute atomic E-state index is 1.08. The molecule has 1 aromatic heterocycles. The monoisotopic (exact) mass is 138 g/mol. The van der Waals surface area contributed by atoms with E-state index in [2.05, 4.69) is 17.2 Å². The van der Waals surface area contributed by atoms with Crippen LogP contribution in [-0.4, -0.2) is 11.5 Å². The predicted molar refractivity (Wildman–Crippen MR) is 44.2 cm³/mol. The first kappa shape index (κ1) is 7.19. The molecule has 2 N–H and O–H groups in total. The first-order valence-electron chi connectivity index (χ1n) is 3.80. The van der Waals surface area contributed by atoms with E-state index in [1.54, 1.807) is 0 Å². The van der Waals surface area contributed by atoms with Crippen LogP contribution < -0.4 is 5.32 Å². The molecule has 0 spiro atoms. The maximum absolute atomic E-state index is 3.29. The maximum Gasteiger partial charge on any atom is 0.0517 e. The van der Waals surface area contributed by atoms with Gasteiger partial charge in [-0.2, -0.15) is 0 Å². The van der Waals surface area contributed by atoms with Crippen molar-refractivity contribution in [1.82, 2.24) is 4.98 Å². The van der Waals surface area contributed by atoms with Crippen molar-refractivity contribution in [1.29, 1.82) is 0 Å². The Labute approximate surface area is 61.7 Å². The summed E-state index contributed by atoms with van der Waals surface area (Å²) in [5, 5.41) is 3.29. The number of hydrogen-bond acceptors (Lipinski definition) is 1. The summed E-state index contributed by atoms with van der Waals surface area (Å²) >= 11 is 0. The van der Waals surface area contributed by atoms with Gasteiger partial charge in [-0.25, -0.2) is 0 Å². The second-order valence-corrected chi connectivity index (χ2v) is 2.38. The number of hydrogen-bond donors (Lipinski definition) is 2. The summed E-state index contributed by atoms with van der Waals surface area (Å²) in [6, 6.07) is 2.04. The van der Waals surface area contributed by atoms with Gasteiger partial charge >= 0.3 is 0 Å². The molecule has 1 heterocycles. The van der Waals surface area contributed by atoms with Crippen molar-refractivity contribution in [3.8, 4) is 0 Å². The average molecular weight is 138 g/mol. The van der Waals surface area contributed by atoms with Crippen LogP contribution in [0.4, 0.5) is 5.69 Å². The van der Waals surface area contributed by atoms with Crippen LogP contribution in [0.25, 0.3) is 0 Å². The molecule has 2 heteroatoms. The fourth-order valence-corrected chi connectivity index (χ4v) is 0.843. The number of rotatable bonds is 4. The molecule has 0 unspecified atom stereocenters. The highest BCUT2D eigenvalue weighted by molar-refractivity contribution is 5.39. The van der Waals surface area contributed by atoms with Gasteiger partial charge in [0.05, 0.1) is 5.69 Å². The van der Waals surface area contributed by atoms with Crippen LogP contribution in [0.15, 0.2) is 18.5 Å². The van der Waals surface area contributed by atoms with Gasteiger partial charge in [0.15, 0.2) is 0 Å². The normalized spacial score (nSPS) is 9.70. The second-order valence-electron chi connectivity index (χ2n) is 2.38. The lowest BCUT2D eigenvalue weighted by atomic mass is 10.3. The number of H-pyrrole nitrogens is 1. The molecular weight excluding hydrogens is 124 g/mol. The molecule has 56 valence electrons. The number of nitrogens with one attached hydrogen (secondary N) is 2. The van der Waals surface area contributed by atoms with Gasteiger partial charge < -0.3 is 10.3 Å². The lowest BCUT2D eigenvalue weighted by Crippen LogP contribution is -1.98. The second kappa shape index (κ2) is 3.99. The largest absolute Gasteiger partial charge is 0.384 e. The van der Waals surface area contributed by atoms with Gasteiger partial charge in [-0.05, 0) is 12.5 Å². The summed E-state index contributed by atoms with van der Waals surface area (Å²) in [4.78, 5) is 2.99. The van der Waals surface area contributed by atoms with Crippen LogP contribution in [-0.2, 0) is 0 Å². The van der Waals surface area contributed by atoms with Crippen LogP contribution >= 0.6 is 0 Å². The van der Waals surface area contributed by atoms with Crippen molar-refractivity contribution >= 4 is 5.69 Å². The zero-order valence-electron chi connectivity index (χ0n) is 6.35. The molecular formula is C8H14N2. The first-order chi connectivity index (χ1) is 4.93. The highest BCUT2D eigenvalue weighted by Gasteiger charge is 1.87. The van der Waals surface area contributed by atoms with Crippen molar-refractivity contribution in [2.24, 2.45) is 0 Å². The van der Waals surface area contributed by atoms with Crippen LogP contribution in [0, 0.1) is 0 Å². The Morgan fingerprint density at radius 1 is 1.60 bits per heavy atom. The summed E-state index contributed by atoms with van der Waals surface area (Å²) in [5.41, 5.74) is 1.19. The van der Waals surface area contributed by atoms with E-state index in [9.17, 15) is 0 Å². The molecule has 10 heavy (non-hydrogen) atoms. The van der Waals surface area contributed by atoms with Gasteiger partial charge in [-0.3, -0.25) is 0 Å². The highest BCUT2D eigenvalue weighted by atomic mass is 14.9. The van der Waals surface area contributed by atoms with Crippen LogP contribution in [0.2, 0.25) is 0 Å². The van der Waals surface area contributed by atoms with Crippen molar-refractivity contribution in [3.05, 3.63) is 18.5 Å². The molecule has 0 saturated carbocycles. The third-order valence-corrected chi connectivity index (χ3v) is 1.46. The molecule has 0 amide bonds. The SMILES string of the molecule is CCCCNc1cc[nH]c1. The summed E-state index contributed by atoms with van der Waals surface area (Å²) in [7, 11) is 0. The number of aromatic amines is 1. The number of aromatic nitrogens is 1. The van der Waals surface area contributed by atoms with Crippen molar-refractivity contribution < 1.29 is 0 Å². The van der Waals surface area contributed by atoms with E-state index in [0.717, 1.165) is 6.54 Å². The lowest BCUT2D eigenvalue weighted by Gasteiger charge is -1.99. The third kappa shape index (κ3) is 2.13. The maximum atomic E-state index is 3.29. The minimum Gasteiger partial charge on any atom is -0.384 e. The number of anilines is 1. The van der Waals surface area contributed by atoms with Gasteiger partial charge in [0.1, 0.15) is 0 Å². The molecule has 0 aromatic carbocycles. The molecule has 2 nitrogen and oxygen atoms in total. The molecule has 0 aliphatic heterocycles. The van der Waals surface area contributed by atoms with Crippen LogP contribution in [0.3, 0.4) is 0 Å². The molecule has 0 atom stereocenters. The minimum atomic E-state index is 1.08. The van der Waals surface area contributed by atoms with Gasteiger partial charge in [0.2, 0.25) is 0 Å². The Kier molecular flexibility index (Phi) is 2.87. The van der Waals surface area contributed by atoms with E-state index in [-0.39, 0.29) is 0 Å². The Morgan fingerprint density at radius 3 is 3.10 bits per heavy atom. The fraction of sp³-hybridized carbons (Fsp3) is 0.500. The van der Waals surface area contributed by atoms with E-state index in [0.29, 0.717) is 0 Å². The van der Waals surface area contributed by atoms with E-state index in [4.69, 9.17) is 0 Å². The van der Waals surface area contributed by atoms with Gasteiger partial charge in [-0.15, -0.1) is 0 Å². The smallest absolute Gasteiger partial charge is 0.0517 e. The van der Waals surface area contributed by atoms with E-state index in [1.807, 2.05) is 18.5 Å². The van der Waals surface area contributed by atoms with Gasteiger partial charge in [0.25, 0.3) is 0 Å². The van der Waals surface area contributed by atoms with Crippen molar-refractivity contribution in [3.63, 3.8) is 0 Å². The predicted octanol–water partition coefficient (Wildman–Crippen LogP) is 2.23. The third-order valence-electron chi connectivity index (χ3n) is 1.46. The summed E-state index contributed by atoms with van der Waals surface area (Å²) in [5.74, 6) is 0. The zero-order valence-corrected chi connectivity index (χ0v) is 6.35. The molecule has 0 saturated heterocycles. The Bertz CT molecular complexity index is 156. The molecule has 1 aromatic rings. The summed E-state index contributed by atoms with van der Waals surface area (Å²) in [6.45, 7) is 3.27. The van der Waals surface area contributed by atoms with Crippen LogP contribution in [0.5, 0.6) is 0 Å². The van der Waals surface area contributed by atoms with Gasteiger partial charge in [0, 0.05) is 18.9 Å². The lowest BCUT2D eigenvalue weighted by molar-refractivity contribution is 0.834. The van der Waals surface area contributed by atoms with Crippen molar-refractivity contribution in [2.45, 2.75) is 19.8 Å². The Morgan fingerprint density at radius 2 is 2.50 bits per heavy atom. The first-order valence-corrected chi connectivity index (χ1v) is 3.80. The summed E-state index contributed by atoms with van der Waals surface area (Å²) < 4.78 is 0. The molecule has 0 bridgehead atoms. The molecule has 0 fully saturated rings. The summed E-state index contributed by atoms with van der Waals surface area (Å²) in [6.07, 6.45) is 6.38. The van der Waals surface area contributed by atoms with E-state index >= 15 is 0 Å². The quantitative estimate of drug-likeness (QED) is 0.613. The highest BCUT2D eigenvalue weighted by Crippen LogP contribution is 2.02. The zero-order chi connectivity index (χ0) is 7.23. The fourth-order valence-electron chi connectivity index (χ4n) is 0.843. The molecule has 0 radical (unpaired) electrons. The molecule has 0 aliphatic rings. The average Bonchev–Trinajstić information content (AvgIpc) is 2.41. The Balaban J connectivity index is 2.15. The van der Waals surface area contributed by atoms with E-state index in [1.165, 1.54) is 18.5 Å². The number of unbranched alkanes of at least 4 members (excludes halogenated alkanes) is 1.